The van der Waals surface area contributed by atoms with Crippen molar-refractivity contribution in [3.8, 4) is 0 Å². The van der Waals surface area contributed by atoms with Gasteiger partial charge in [-0.25, -0.2) is 14.6 Å². The zero-order valence-corrected chi connectivity index (χ0v) is 12.9. The molecule has 1 aliphatic rings. The van der Waals surface area contributed by atoms with Crippen molar-refractivity contribution in [1.82, 2.24) is 30.2 Å². The van der Waals surface area contributed by atoms with Gasteiger partial charge >= 0.3 is 0 Å². The number of nitrogen functional groups attached to an aromatic ring is 1. The minimum Gasteiger partial charge on any atom is -0.384 e. The van der Waals surface area contributed by atoms with E-state index in [1.165, 1.54) is 24.6 Å². The zero-order chi connectivity index (χ0) is 14.7. The first-order valence-electron chi connectivity index (χ1n) is 7.35. The molecule has 0 aliphatic heterocycles. The molecular weight excluding hydrogens is 286 g/mol. The van der Waals surface area contributed by atoms with Crippen LogP contribution in [0.5, 0.6) is 0 Å². The summed E-state index contributed by atoms with van der Waals surface area (Å²) in [6.07, 6.45) is 6.60. The number of nitrogens with zero attached hydrogens (tertiary/aromatic N) is 6. The summed E-state index contributed by atoms with van der Waals surface area (Å²) < 4.78 is 1.93. The van der Waals surface area contributed by atoms with Crippen LogP contribution in [0.25, 0.3) is 0 Å². The third-order valence-corrected chi connectivity index (χ3v) is 4.44. The van der Waals surface area contributed by atoms with Crippen LogP contribution < -0.4 is 5.73 Å². The fourth-order valence-electron chi connectivity index (χ4n) is 2.60. The van der Waals surface area contributed by atoms with Crippen LogP contribution >= 0.6 is 11.8 Å². The molecule has 0 bridgehead atoms. The molecule has 7 nitrogen and oxygen atoms in total. The summed E-state index contributed by atoms with van der Waals surface area (Å²) in [5.41, 5.74) is 5.86. The predicted molar refractivity (Wildman–Crippen MR) is 79.9 cm³/mol. The summed E-state index contributed by atoms with van der Waals surface area (Å²) in [6.45, 7) is 2.10. The highest BCUT2D eigenvalue weighted by atomic mass is 32.2. The molecule has 2 heterocycles. The van der Waals surface area contributed by atoms with E-state index in [2.05, 4.69) is 32.4 Å². The number of aromatic nitrogens is 6. The lowest BCUT2D eigenvalue weighted by Crippen LogP contribution is -2.08. The molecule has 2 aromatic rings. The fraction of sp³-hybridized carbons (Fsp3) is 0.615. The predicted octanol–water partition coefficient (Wildman–Crippen LogP) is 2.26. The average molecular weight is 305 g/mol. The third kappa shape index (κ3) is 3.31. The lowest BCUT2D eigenvalue weighted by atomic mass is 10.3. The number of rotatable bonds is 5. The van der Waals surface area contributed by atoms with Crippen molar-refractivity contribution >= 4 is 17.6 Å². The van der Waals surface area contributed by atoms with Crippen LogP contribution in [0.2, 0.25) is 0 Å². The van der Waals surface area contributed by atoms with Crippen LogP contribution in [0.4, 0.5) is 5.82 Å². The van der Waals surface area contributed by atoms with Crippen LogP contribution in [0.1, 0.15) is 50.9 Å². The number of anilines is 1. The summed E-state index contributed by atoms with van der Waals surface area (Å²) >= 11 is 1.46. The Labute approximate surface area is 127 Å². The number of hydrogen-bond donors (Lipinski definition) is 1. The van der Waals surface area contributed by atoms with E-state index in [-0.39, 0.29) is 0 Å². The maximum Gasteiger partial charge on any atom is 0.215 e. The van der Waals surface area contributed by atoms with Crippen molar-refractivity contribution in [3.05, 3.63) is 11.9 Å². The van der Waals surface area contributed by atoms with E-state index in [0.717, 1.165) is 41.7 Å². The lowest BCUT2D eigenvalue weighted by Gasteiger charge is -2.10. The Morgan fingerprint density at radius 3 is 2.90 bits per heavy atom. The molecule has 0 atom stereocenters. The van der Waals surface area contributed by atoms with Gasteiger partial charge in [-0.2, -0.15) is 0 Å². The number of aryl methyl sites for hydroxylation is 1. The molecule has 112 valence electrons. The monoisotopic (exact) mass is 305 g/mol. The van der Waals surface area contributed by atoms with Crippen molar-refractivity contribution in [2.45, 2.75) is 61.7 Å². The SMILES string of the molecule is CCCc1nc(N)cc(Sc2nnnn2C2CCCC2)n1. The summed E-state index contributed by atoms with van der Waals surface area (Å²) in [4.78, 5) is 8.78. The van der Waals surface area contributed by atoms with Gasteiger partial charge in [-0.3, -0.25) is 0 Å². The highest BCUT2D eigenvalue weighted by Gasteiger charge is 2.22. The number of hydrogen-bond acceptors (Lipinski definition) is 7. The first kappa shape index (κ1) is 14.2. The van der Waals surface area contributed by atoms with E-state index in [4.69, 9.17) is 5.73 Å². The molecular formula is C13H19N7S. The van der Waals surface area contributed by atoms with Gasteiger partial charge in [0.25, 0.3) is 0 Å². The van der Waals surface area contributed by atoms with Crippen molar-refractivity contribution in [3.63, 3.8) is 0 Å². The molecule has 0 amide bonds. The smallest absolute Gasteiger partial charge is 0.215 e. The highest BCUT2D eigenvalue weighted by molar-refractivity contribution is 7.99. The fourth-order valence-corrected chi connectivity index (χ4v) is 3.48. The van der Waals surface area contributed by atoms with Crippen LogP contribution in [-0.2, 0) is 6.42 Å². The van der Waals surface area contributed by atoms with E-state index >= 15 is 0 Å². The van der Waals surface area contributed by atoms with Crippen molar-refractivity contribution in [2.75, 3.05) is 5.73 Å². The Kier molecular flexibility index (Phi) is 4.33. The molecule has 3 rings (SSSR count). The van der Waals surface area contributed by atoms with Crippen LogP contribution in [0, 0.1) is 0 Å². The topological polar surface area (TPSA) is 95.4 Å². The molecule has 2 aromatic heterocycles. The maximum absolute atomic E-state index is 5.86. The summed E-state index contributed by atoms with van der Waals surface area (Å²) in [5.74, 6) is 1.27. The lowest BCUT2D eigenvalue weighted by molar-refractivity contribution is 0.423. The molecule has 0 saturated heterocycles. The van der Waals surface area contributed by atoms with Crippen molar-refractivity contribution in [1.29, 1.82) is 0 Å². The third-order valence-electron chi connectivity index (χ3n) is 3.57. The molecule has 8 heteroatoms. The van der Waals surface area contributed by atoms with Gasteiger partial charge in [0.2, 0.25) is 5.16 Å². The van der Waals surface area contributed by atoms with Crippen LogP contribution in [-0.4, -0.2) is 30.2 Å². The minimum absolute atomic E-state index is 0.414. The second-order valence-corrected chi connectivity index (χ2v) is 6.23. The average Bonchev–Trinajstić information content (AvgIpc) is 3.08. The normalized spacial score (nSPS) is 15.7. The Morgan fingerprint density at radius 1 is 1.33 bits per heavy atom. The molecule has 0 radical (unpaired) electrons. The zero-order valence-electron chi connectivity index (χ0n) is 12.1. The van der Waals surface area contributed by atoms with Crippen molar-refractivity contribution in [2.24, 2.45) is 0 Å². The van der Waals surface area contributed by atoms with Gasteiger partial charge in [-0.15, -0.1) is 5.10 Å². The Hall–Kier alpha value is -1.70. The van der Waals surface area contributed by atoms with E-state index in [9.17, 15) is 0 Å². The minimum atomic E-state index is 0.414. The molecule has 1 saturated carbocycles. The number of tetrazole rings is 1. The first-order chi connectivity index (χ1) is 10.3. The summed E-state index contributed by atoms with van der Waals surface area (Å²) in [7, 11) is 0. The molecule has 1 aliphatic carbocycles. The number of nitrogens with two attached hydrogens (primary N) is 1. The van der Waals surface area contributed by atoms with Gasteiger partial charge in [0.15, 0.2) is 0 Å². The quantitative estimate of drug-likeness (QED) is 0.846. The van der Waals surface area contributed by atoms with Crippen molar-refractivity contribution < 1.29 is 0 Å². The van der Waals surface area contributed by atoms with Gasteiger partial charge in [0.05, 0.1) is 6.04 Å². The summed E-state index contributed by atoms with van der Waals surface area (Å²) in [5, 5.41) is 13.7. The summed E-state index contributed by atoms with van der Waals surface area (Å²) in [6, 6.07) is 2.19. The molecule has 0 aromatic carbocycles. The van der Waals surface area contributed by atoms with E-state index in [0.29, 0.717) is 11.9 Å². The van der Waals surface area contributed by atoms with Gasteiger partial charge in [-0.1, -0.05) is 19.8 Å². The maximum atomic E-state index is 5.86. The van der Waals surface area contributed by atoms with Crippen LogP contribution in [0.15, 0.2) is 16.2 Å². The van der Waals surface area contributed by atoms with Gasteiger partial charge in [0.1, 0.15) is 16.7 Å². The van der Waals surface area contributed by atoms with Gasteiger partial charge in [-0.05, 0) is 41.5 Å². The van der Waals surface area contributed by atoms with E-state index in [1.807, 2.05) is 4.68 Å². The largest absolute Gasteiger partial charge is 0.384 e. The molecule has 21 heavy (non-hydrogen) atoms. The van der Waals surface area contributed by atoms with E-state index in [1.54, 1.807) is 6.07 Å². The highest BCUT2D eigenvalue weighted by Crippen LogP contribution is 2.33. The Bertz CT molecular complexity index is 606. The van der Waals surface area contributed by atoms with E-state index < -0.39 is 0 Å². The second-order valence-electron chi connectivity index (χ2n) is 5.24. The van der Waals surface area contributed by atoms with Crippen LogP contribution in [0.3, 0.4) is 0 Å². The van der Waals surface area contributed by atoms with Gasteiger partial charge < -0.3 is 5.73 Å². The standard InChI is InChI=1S/C13H19N7S/c1-2-5-11-15-10(14)8-12(16-11)21-13-17-18-19-20(13)9-6-3-4-7-9/h8-9H,2-7H2,1H3,(H2,14,15,16). The molecule has 1 fully saturated rings. The van der Waals surface area contributed by atoms with Gasteiger partial charge in [0, 0.05) is 12.5 Å². The molecule has 2 N–H and O–H groups in total. The molecule has 0 unspecified atom stereocenters. The Balaban J connectivity index is 1.82. The molecule has 0 spiro atoms. The second kappa shape index (κ2) is 6.38. The Morgan fingerprint density at radius 2 is 2.14 bits per heavy atom. The first-order valence-corrected chi connectivity index (χ1v) is 8.17.